The van der Waals surface area contributed by atoms with E-state index in [1.807, 2.05) is 7.05 Å². The molecule has 0 saturated heterocycles. The molecule has 0 bridgehead atoms. The van der Waals surface area contributed by atoms with Crippen molar-refractivity contribution in [3.05, 3.63) is 0 Å². The molecule has 0 aliphatic carbocycles. The number of amides is 1. The Hall–Kier alpha value is -1.72. The second kappa shape index (κ2) is 34.5. The predicted octanol–water partition coefficient (Wildman–Crippen LogP) is 4.21. The molecular formula is C31H60N2O8. The first-order valence-electron chi connectivity index (χ1n) is 15.5. The summed E-state index contributed by atoms with van der Waals surface area (Å²) in [7, 11) is 5.14. The standard InChI is InChI=1S/C16H31NO4.C15H29NO4/c1-3-4-11-17-16(19)10-6-5-8-15(18)9-7-12-21-14-13-20-2;1-16-10-4-8-14(17)6-3-7-15(18)9-5-11-20-13-12-19-2/h3-14H2,1-2H3,(H,17,19);16H,3-13H2,1-2H3. The first kappa shape index (κ1) is 41.4. The van der Waals surface area contributed by atoms with Gasteiger partial charge in [0.2, 0.25) is 5.91 Å². The second-order valence-corrected chi connectivity index (χ2v) is 10.0. The minimum absolute atomic E-state index is 0.0995. The molecule has 0 atom stereocenters. The van der Waals surface area contributed by atoms with E-state index in [-0.39, 0.29) is 23.3 Å². The number of hydrogen-bond donors (Lipinski definition) is 2. The monoisotopic (exact) mass is 588 g/mol. The van der Waals surface area contributed by atoms with Gasteiger partial charge in [0.05, 0.1) is 26.4 Å². The van der Waals surface area contributed by atoms with Gasteiger partial charge >= 0.3 is 0 Å². The van der Waals surface area contributed by atoms with Crippen LogP contribution in [0.1, 0.15) is 103 Å². The Kier molecular flexibility index (Phi) is 34.8. The number of carbonyl (C=O) groups is 4. The topological polar surface area (TPSA) is 129 Å². The molecule has 242 valence electrons. The average Bonchev–Trinajstić information content (AvgIpc) is 2.95. The number of rotatable bonds is 30. The molecule has 0 aliphatic heterocycles. The number of ether oxygens (including phenoxy) is 4. The Balaban J connectivity index is 0. The van der Waals surface area contributed by atoms with Gasteiger partial charge < -0.3 is 29.6 Å². The normalized spacial score (nSPS) is 10.6. The van der Waals surface area contributed by atoms with Gasteiger partial charge in [0.1, 0.15) is 17.3 Å². The number of methoxy groups -OCH3 is 2. The quantitative estimate of drug-likeness (QED) is 0.119. The summed E-state index contributed by atoms with van der Waals surface area (Å²) in [6.07, 6.45) is 10.6. The molecular weight excluding hydrogens is 528 g/mol. The smallest absolute Gasteiger partial charge is 0.219 e. The van der Waals surface area contributed by atoms with Gasteiger partial charge in [0, 0.05) is 78.9 Å². The third-order valence-corrected chi connectivity index (χ3v) is 6.11. The number of ketones is 3. The van der Waals surface area contributed by atoms with Crippen molar-refractivity contribution in [3.8, 4) is 0 Å². The van der Waals surface area contributed by atoms with Crippen LogP contribution in [0.3, 0.4) is 0 Å². The summed E-state index contributed by atoms with van der Waals surface area (Å²) in [5, 5.41) is 5.89. The van der Waals surface area contributed by atoms with Gasteiger partial charge in [0.25, 0.3) is 0 Å². The van der Waals surface area contributed by atoms with Crippen molar-refractivity contribution in [2.45, 2.75) is 103 Å². The van der Waals surface area contributed by atoms with Crippen molar-refractivity contribution in [3.63, 3.8) is 0 Å². The van der Waals surface area contributed by atoms with E-state index in [1.165, 1.54) is 0 Å². The van der Waals surface area contributed by atoms with Gasteiger partial charge in [-0.3, -0.25) is 19.2 Å². The van der Waals surface area contributed by atoms with Gasteiger partial charge in [-0.1, -0.05) is 13.3 Å². The second-order valence-electron chi connectivity index (χ2n) is 10.0. The summed E-state index contributed by atoms with van der Waals surface area (Å²) in [6, 6.07) is 0. The third kappa shape index (κ3) is 36.3. The van der Waals surface area contributed by atoms with Crippen LogP contribution in [0.2, 0.25) is 0 Å². The lowest BCUT2D eigenvalue weighted by molar-refractivity contribution is -0.122. The summed E-state index contributed by atoms with van der Waals surface area (Å²) >= 11 is 0. The fourth-order valence-electron chi connectivity index (χ4n) is 3.65. The van der Waals surface area contributed by atoms with Crippen molar-refractivity contribution < 1.29 is 38.1 Å². The number of unbranched alkanes of at least 4 members (excludes halogenated alkanes) is 2. The Morgan fingerprint density at radius 2 is 0.976 bits per heavy atom. The zero-order valence-electron chi connectivity index (χ0n) is 26.5. The number of hydrogen-bond acceptors (Lipinski definition) is 9. The molecule has 0 unspecified atom stereocenters. The van der Waals surface area contributed by atoms with E-state index in [1.54, 1.807) is 14.2 Å². The molecule has 2 N–H and O–H groups in total. The van der Waals surface area contributed by atoms with E-state index in [0.717, 1.165) is 58.0 Å². The summed E-state index contributed by atoms with van der Waals surface area (Å²) in [4.78, 5) is 46.1. The van der Waals surface area contributed by atoms with E-state index < -0.39 is 0 Å². The maximum atomic E-state index is 11.6. The van der Waals surface area contributed by atoms with Gasteiger partial charge in [-0.15, -0.1) is 0 Å². The summed E-state index contributed by atoms with van der Waals surface area (Å²) in [5.41, 5.74) is 0. The highest BCUT2D eigenvalue weighted by Crippen LogP contribution is 2.06. The van der Waals surface area contributed by atoms with Crippen LogP contribution < -0.4 is 10.6 Å². The fourth-order valence-corrected chi connectivity index (χ4v) is 3.65. The first-order valence-corrected chi connectivity index (χ1v) is 15.5. The molecule has 0 aliphatic rings. The molecule has 0 aromatic rings. The minimum atomic E-state index is 0.0995. The zero-order chi connectivity index (χ0) is 30.8. The Bertz CT molecular complexity index is 631. The van der Waals surface area contributed by atoms with Crippen LogP contribution in [-0.2, 0) is 38.1 Å². The minimum Gasteiger partial charge on any atom is -0.382 e. The van der Waals surface area contributed by atoms with Gasteiger partial charge in [-0.25, -0.2) is 0 Å². The van der Waals surface area contributed by atoms with Gasteiger partial charge in [-0.2, -0.15) is 0 Å². The lowest BCUT2D eigenvalue weighted by Crippen LogP contribution is -2.23. The number of Topliss-reactive ketones (excluding diaryl/α,β-unsaturated/α-hetero) is 3. The molecule has 0 heterocycles. The maximum Gasteiger partial charge on any atom is 0.219 e. The largest absolute Gasteiger partial charge is 0.382 e. The molecule has 1 amide bonds. The molecule has 10 nitrogen and oxygen atoms in total. The van der Waals surface area contributed by atoms with Crippen LogP contribution in [0.5, 0.6) is 0 Å². The van der Waals surface area contributed by atoms with Gasteiger partial charge in [-0.05, 0) is 58.5 Å². The average molecular weight is 589 g/mol. The molecule has 41 heavy (non-hydrogen) atoms. The van der Waals surface area contributed by atoms with E-state index in [2.05, 4.69) is 17.6 Å². The highest BCUT2D eigenvalue weighted by Gasteiger charge is 2.06. The van der Waals surface area contributed by atoms with Crippen molar-refractivity contribution >= 4 is 23.3 Å². The molecule has 0 rings (SSSR count). The summed E-state index contributed by atoms with van der Waals surface area (Å²) in [5.74, 6) is 0.846. The van der Waals surface area contributed by atoms with Gasteiger partial charge in [0.15, 0.2) is 0 Å². The third-order valence-electron chi connectivity index (χ3n) is 6.11. The zero-order valence-corrected chi connectivity index (χ0v) is 26.5. The van der Waals surface area contributed by atoms with E-state index >= 15 is 0 Å². The Morgan fingerprint density at radius 3 is 1.46 bits per heavy atom. The van der Waals surface area contributed by atoms with Crippen molar-refractivity contribution in [2.24, 2.45) is 0 Å². The fraction of sp³-hybridized carbons (Fsp3) is 0.871. The van der Waals surface area contributed by atoms with Crippen molar-refractivity contribution in [1.82, 2.24) is 10.6 Å². The molecule has 0 aromatic heterocycles. The molecule has 0 saturated carbocycles. The number of carbonyl (C=O) groups excluding carboxylic acids is 4. The molecule has 0 radical (unpaired) electrons. The van der Waals surface area contributed by atoms with Crippen LogP contribution in [0.15, 0.2) is 0 Å². The van der Waals surface area contributed by atoms with E-state index in [9.17, 15) is 19.2 Å². The summed E-state index contributed by atoms with van der Waals surface area (Å²) in [6.45, 7) is 7.26. The maximum absolute atomic E-state index is 11.6. The lowest BCUT2D eigenvalue weighted by atomic mass is 10.1. The highest BCUT2D eigenvalue weighted by molar-refractivity contribution is 5.81. The van der Waals surface area contributed by atoms with E-state index in [4.69, 9.17) is 18.9 Å². The first-order chi connectivity index (χ1) is 19.9. The van der Waals surface area contributed by atoms with E-state index in [0.29, 0.717) is 91.0 Å². The molecule has 0 aromatic carbocycles. The van der Waals surface area contributed by atoms with Crippen LogP contribution in [0.4, 0.5) is 0 Å². The lowest BCUT2D eigenvalue weighted by Gasteiger charge is -2.05. The van der Waals surface area contributed by atoms with Crippen LogP contribution in [0, 0.1) is 0 Å². The molecule has 0 fully saturated rings. The van der Waals surface area contributed by atoms with Crippen LogP contribution >= 0.6 is 0 Å². The Morgan fingerprint density at radius 1 is 0.512 bits per heavy atom. The Labute approximate surface area is 249 Å². The van der Waals surface area contributed by atoms with Crippen LogP contribution in [-0.4, -0.2) is 97.3 Å². The molecule has 10 heteroatoms. The van der Waals surface area contributed by atoms with Crippen LogP contribution in [0.25, 0.3) is 0 Å². The molecule has 0 spiro atoms. The SMILES string of the molecule is CCCCNC(=O)CCCCC(=O)CCCOCCOC.CNCCCC(=O)CCCC(=O)CCCOCCOC. The number of nitrogens with one attached hydrogen (secondary N) is 2. The van der Waals surface area contributed by atoms with Crippen molar-refractivity contribution in [2.75, 3.05) is 74.0 Å². The summed E-state index contributed by atoms with van der Waals surface area (Å²) < 4.78 is 20.3. The highest BCUT2D eigenvalue weighted by atomic mass is 16.5. The van der Waals surface area contributed by atoms with Crippen molar-refractivity contribution in [1.29, 1.82) is 0 Å². The predicted molar refractivity (Wildman–Crippen MR) is 162 cm³/mol.